The van der Waals surface area contributed by atoms with Gasteiger partial charge in [-0.25, -0.2) is 0 Å². The molecule has 1 spiro atoms. The van der Waals surface area contributed by atoms with Crippen LogP contribution in [0.15, 0.2) is 95.7 Å². The van der Waals surface area contributed by atoms with E-state index in [0.717, 1.165) is 38.9 Å². The van der Waals surface area contributed by atoms with Crippen molar-refractivity contribution in [3.8, 4) is 28.6 Å². The molecule has 44 heavy (non-hydrogen) atoms. The molecule has 2 aliphatic heterocycles. The van der Waals surface area contributed by atoms with Crippen molar-refractivity contribution in [3.05, 3.63) is 115 Å². The Kier molecular flexibility index (Phi) is 8.39. The zero-order valence-electron chi connectivity index (χ0n) is 25.0. The van der Waals surface area contributed by atoms with Gasteiger partial charge >= 0.3 is 0 Å². The van der Waals surface area contributed by atoms with Gasteiger partial charge in [0.2, 0.25) is 0 Å². The Bertz CT molecular complexity index is 1940. The van der Waals surface area contributed by atoms with Crippen molar-refractivity contribution in [1.82, 2.24) is 9.97 Å². The van der Waals surface area contributed by atoms with E-state index in [1.54, 1.807) is 17.4 Å². The number of fused-ring (bicyclic) bond motifs is 5. The van der Waals surface area contributed by atoms with E-state index in [1.165, 1.54) is 43.0 Å². The van der Waals surface area contributed by atoms with Crippen molar-refractivity contribution in [1.29, 1.82) is 5.26 Å². The van der Waals surface area contributed by atoms with E-state index in [0.29, 0.717) is 11.1 Å². The Morgan fingerprint density at radius 3 is 2.41 bits per heavy atom. The molecule has 6 aromatic rings. The largest absolute Gasteiger partial charge is 0.499 e. The molecule has 3 aromatic heterocycles. The van der Waals surface area contributed by atoms with Gasteiger partial charge < -0.3 is 14.4 Å². The van der Waals surface area contributed by atoms with Gasteiger partial charge in [-0.15, -0.1) is 54.1 Å². The predicted molar refractivity (Wildman–Crippen MR) is 176 cm³/mol. The van der Waals surface area contributed by atoms with Gasteiger partial charge in [0.1, 0.15) is 11.7 Å². The third kappa shape index (κ3) is 5.35. The molecule has 1 fully saturated rings. The first-order valence-electron chi connectivity index (χ1n) is 15.1. The SMILES string of the molecule is CC1(C)C[Si]2(CCCCC2)c2cnc(-c3[c-]ccc4c3oc3c(C#N)cccc34)cc21.[Ir].[c-]1ccccc1-c1ccccn1. The molecule has 0 bridgehead atoms. The van der Waals surface area contributed by atoms with Gasteiger partial charge in [0.25, 0.3) is 0 Å². The quantitative estimate of drug-likeness (QED) is 0.130. The number of nitrogens with zero attached hydrogens (tertiary/aromatic N) is 3. The standard InChI is InChI=1S/C27H25N2OSi.C11H8N.Ir/c1-27(2)17-31(12-4-3-5-13-31)24-16-29-23(14-22(24)27)21-11-7-10-20-19-9-6-8-18(15-28)25(19)30-26(20)21;1-2-6-10(7-3-1)11-8-4-5-9-12-11;/h6-10,14,16H,3-5,12-13,17H2,1-2H3;1-6,8-9H;/q2*-1;. The van der Waals surface area contributed by atoms with Gasteiger partial charge in [-0.3, -0.25) is 0 Å². The van der Waals surface area contributed by atoms with Gasteiger partial charge in [0.05, 0.1) is 19.2 Å². The Labute approximate surface area is 273 Å². The van der Waals surface area contributed by atoms with Gasteiger partial charge in [0, 0.05) is 37.9 Å². The maximum Gasteiger partial charge on any atom is 0.138 e. The number of furan rings is 1. The molecular formula is C38H33IrN3OSi-2. The van der Waals surface area contributed by atoms with Crippen LogP contribution >= 0.6 is 0 Å². The average Bonchev–Trinajstić information content (AvgIpc) is 3.54. The molecule has 3 aromatic carbocycles. The topological polar surface area (TPSA) is 62.7 Å². The number of rotatable bonds is 2. The molecule has 0 atom stereocenters. The van der Waals surface area contributed by atoms with Crippen LogP contribution in [0.2, 0.25) is 18.1 Å². The van der Waals surface area contributed by atoms with Crippen LogP contribution in [0, 0.1) is 23.5 Å². The number of para-hydroxylation sites is 1. The van der Waals surface area contributed by atoms with Crippen molar-refractivity contribution in [2.45, 2.75) is 56.7 Å². The molecule has 2 aliphatic rings. The number of nitriles is 1. The minimum Gasteiger partial charge on any atom is -0.499 e. The van der Waals surface area contributed by atoms with Gasteiger partial charge in [-0.05, 0) is 45.7 Å². The smallest absolute Gasteiger partial charge is 0.138 e. The summed E-state index contributed by atoms with van der Waals surface area (Å²) in [5.41, 5.74) is 7.50. The number of pyridine rings is 2. The molecule has 6 heteroatoms. The Morgan fingerprint density at radius 2 is 1.66 bits per heavy atom. The first-order chi connectivity index (χ1) is 21.0. The van der Waals surface area contributed by atoms with E-state index in [9.17, 15) is 5.26 Å². The van der Waals surface area contributed by atoms with Crippen molar-refractivity contribution in [2.24, 2.45) is 0 Å². The average molecular weight is 768 g/mol. The molecule has 0 N–H and O–H groups in total. The van der Waals surface area contributed by atoms with E-state index in [4.69, 9.17) is 9.40 Å². The Hall–Kier alpha value is -3.88. The fraction of sp³-hybridized carbons (Fsp3) is 0.237. The van der Waals surface area contributed by atoms with Crippen molar-refractivity contribution in [2.75, 3.05) is 0 Å². The van der Waals surface area contributed by atoms with Crippen molar-refractivity contribution < 1.29 is 24.5 Å². The first-order valence-corrected chi connectivity index (χ1v) is 17.8. The first kappa shape index (κ1) is 30.2. The van der Waals surface area contributed by atoms with E-state index >= 15 is 0 Å². The third-order valence-corrected chi connectivity index (χ3v) is 15.0. The van der Waals surface area contributed by atoms with E-state index in [1.807, 2.05) is 66.7 Å². The fourth-order valence-corrected chi connectivity index (χ4v) is 13.8. The molecule has 0 saturated carbocycles. The summed E-state index contributed by atoms with van der Waals surface area (Å²) in [4.78, 5) is 9.19. The van der Waals surface area contributed by atoms with E-state index in [-0.39, 0.29) is 25.5 Å². The van der Waals surface area contributed by atoms with Crippen molar-refractivity contribution >= 4 is 35.2 Å². The second kappa shape index (κ2) is 12.2. The van der Waals surface area contributed by atoms with Crippen LogP contribution in [0.3, 0.4) is 0 Å². The second-order valence-electron chi connectivity index (χ2n) is 12.5. The van der Waals surface area contributed by atoms with Gasteiger partial charge in [-0.2, -0.15) is 5.26 Å². The summed E-state index contributed by atoms with van der Waals surface area (Å²) < 4.78 is 6.26. The molecule has 4 nitrogen and oxygen atoms in total. The summed E-state index contributed by atoms with van der Waals surface area (Å²) >= 11 is 0. The summed E-state index contributed by atoms with van der Waals surface area (Å²) in [7, 11) is -1.42. The molecule has 1 radical (unpaired) electrons. The van der Waals surface area contributed by atoms with Crippen LogP contribution in [-0.4, -0.2) is 18.0 Å². The van der Waals surface area contributed by atoms with Crippen LogP contribution in [0.25, 0.3) is 44.5 Å². The van der Waals surface area contributed by atoms with Gasteiger partial charge in [0.15, 0.2) is 0 Å². The zero-order chi connectivity index (χ0) is 29.4. The summed E-state index contributed by atoms with van der Waals surface area (Å²) in [6, 6.07) is 38.7. The van der Waals surface area contributed by atoms with Crippen LogP contribution in [0.1, 0.15) is 44.2 Å². The molecule has 0 aliphatic carbocycles. The van der Waals surface area contributed by atoms with E-state index in [2.05, 4.69) is 49.3 Å². The molecule has 0 amide bonds. The molecule has 221 valence electrons. The minimum absolute atomic E-state index is 0. The van der Waals surface area contributed by atoms with Crippen molar-refractivity contribution in [3.63, 3.8) is 0 Å². The Balaban J connectivity index is 0.000000222. The minimum atomic E-state index is -1.42. The predicted octanol–water partition coefficient (Wildman–Crippen LogP) is 9.00. The van der Waals surface area contributed by atoms with Gasteiger partial charge in [-0.1, -0.05) is 86.5 Å². The van der Waals surface area contributed by atoms with Crippen LogP contribution < -0.4 is 5.19 Å². The number of aromatic nitrogens is 2. The molecule has 0 unspecified atom stereocenters. The summed E-state index contributed by atoms with van der Waals surface area (Å²) in [6.45, 7) is 4.83. The molecule has 8 rings (SSSR count). The molecular weight excluding hydrogens is 735 g/mol. The second-order valence-corrected chi connectivity index (χ2v) is 17.0. The number of benzene rings is 3. The summed E-state index contributed by atoms with van der Waals surface area (Å²) in [5.74, 6) is 0. The van der Waals surface area contributed by atoms with E-state index < -0.39 is 8.07 Å². The maximum atomic E-state index is 9.51. The van der Waals surface area contributed by atoms with Crippen LogP contribution in [0.4, 0.5) is 0 Å². The monoisotopic (exact) mass is 768 g/mol. The zero-order valence-corrected chi connectivity index (χ0v) is 28.4. The van der Waals surface area contributed by atoms with Crippen LogP contribution in [0.5, 0.6) is 0 Å². The Morgan fingerprint density at radius 1 is 0.841 bits per heavy atom. The van der Waals surface area contributed by atoms with Crippen LogP contribution in [-0.2, 0) is 25.5 Å². The maximum absolute atomic E-state index is 9.51. The third-order valence-electron chi connectivity index (χ3n) is 9.28. The summed E-state index contributed by atoms with van der Waals surface area (Å²) in [5, 5.41) is 13.1. The normalized spacial score (nSPS) is 16.0. The number of hydrogen-bond acceptors (Lipinski definition) is 4. The molecule has 1 saturated heterocycles. The fourth-order valence-electron chi connectivity index (χ4n) is 7.40. The number of hydrogen-bond donors (Lipinski definition) is 0. The summed E-state index contributed by atoms with van der Waals surface area (Å²) in [6.07, 6.45) is 8.15. The molecule has 5 heterocycles.